The van der Waals surface area contributed by atoms with E-state index < -0.39 is 0 Å². The number of aromatic nitrogens is 2. The van der Waals surface area contributed by atoms with Crippen LogP contribution in [0.5, 0.6) is 0 Å². The lowest BCUT2D eigenvalue weighted by molar-refractivity contribution is -0.122. The first-order valence-corrected chi connectivity index (χ1v) is 19.0. The highest BCUT2D eigenvalue weighted by molar-refractivity contribution is 7.98. The normalized spacial score (nSPS) is 15.8. The number of carbonyl (C=O) groups excluding carboxylic acids is 2. The summed E-state index contributed by atoms with van der Waals surface area (Å²) in [4.78, 5) is 31.7. The molecule has 0 saturated heterocycles. The molecule has 1 aromatic heterocycles. The molecule has 1 aliphatic rings. The van der Waals surface area contributed by atoms with Gasteiger partial charge in [0.25, 0.3) is 0 Å². The number of unbranched alkanes of at least 4 members (excludes halogenated alkanes) is 1. The van der Waals surface area contributed by atoms with Crippen LogP contribution in [0.2, 0.25) is 0 Å². The number of rotatable bonds is 31. The summed E-state index contributed by atoms with van der Waals surface area (Å²) in [6.07, 6.45) is 11.2. The number of ether oxygens (including phenoxy) is 8. The van der Waals surface area contributed by atoms with Gasteiger partial charge >= 0.3 is 0 Å². The van der Waals surface area contributed by atoms with E-state index in [1.807, 2.05) is 6.26 Å². The Balaban J connectivity index is 1.19. The van der Waals surface area contributed by atoms with Crippen LogP contribution in [-0.4, -0.2) is 140 Å². The molecule has 0 spiro atoms. The molecular formula is C36H59N3O10S. The van der Waals surface area contributed by atoms with Crippen LogP contribution in [-0.2, 0) is 47.5 Å². The van der Waals surface area contributed by atoms with Crippen LogP contribution in [0.15, 0.2) is 17.6 Å². The fraction of sp³-hybridized carbons (Fsp3) is 0.778. The van der Waals surface area contributed by atoms with Gasteiger partial charge in [0.05, 0.1) is 105 Å². The SMILES string of the molecule is CSc1ncc(C#CCCCC(=O)NCCOCCOCCOCCOCCOCCOCCOCCOCC2CCC(C(C)=O)CC2)cn1. The van der Waals surface area contributed by atoms with E-state index >= 15 is 0 Å². The molecule has 0 bridgehead atoms. The third kappa shape index (κ3) is 24.9. The smallest absolute Gasteiger partial charge is 0.220 e. The van der Waals surface area contributed by atoms with E-state index in [0.29, 0.717) is 137 Å². The second-order valence-electron chi connectivity index (χ2n) is 11.7. The van der Waals surface area contributed by atoms with Crippen molar-refractivity contribution in [2.24, 2.45) is 11.8 Å². The van der Waals surface area contributed by atoms with Crippen LogP contribution in [0.25, 0.3) is 0 Å². The Hall–Kier alpha value is -2.19. The van der Waals surface area contributed by atoms with Crippen molar-refractivity contribution in [2.75, 3.05) is 119 Å². The third-order valence-corrected chi connectivity index (χ3v) is 8.27. The summed E-state index contributed by atoms with van der Waals surface area (Å²) in [5, 5.41) is 3.57. The Morgan fingerprint density at radius 2 is 1.18 bits per heavy atom. The van der Waals surface area contributed by atoms with Crippen LogP contribution in [0, 0.1) is 23.7 Å². The minimum atomic E-state index is -0.00846. The van der Waals surface area contributed by atoms with Gasteiger partial charge in [0, 0.05) is 44.3 Å². The zero-order valence-electron chi connectivity index (χ0n) is 30.2. The number of hydrogen-bond donors (Lipinski definition) is 1. The summed E-state index contributed by atoms with van der Waals surface area (Å²) < 4.78 is 44.2. The lowest BCUT2D eigenvalue weighted by atomic mass is 9.81. The first-order chi connectivity index (χ1) is 24.6. The van der Waals surface area contributed by atoms with Gasteiger partial charge in [-0.3, -0.25) is 9.59 Å². The fourth-order valence-electron chi connectivity index (χ4n) is 4.86. The minimum Gasteiger partial charge on any atom is -0.379 e. The predicted octanol–water partition coefficient (Wildman–Crippen LogP) is 3.36. The highest BCUT2D eigenvalue weighted by Crippen LogP contribution is 2.29. The Bertz CT molecular complexity index is 1050. The number of hydrogen-bond acceptors (Lipinski definition) is 13. The second kappa shape index (κ2) is 31.5. The highest BCUT2D eigenvalue weighted by Gasteiger charge is 2.23. The number of carbonyl (C=O) groups is 2. The number of nitrogens with one attached hydrogen (secondary N) is 1. The molecule has 14 heteroatoms. The first-order valence-electron chi connectivity index (χ1n) is 17.8. The van der Waals surface area contributed by atoms with Crippen LogP contribution in [0.3, 0.4) is 0 Å². The monoisotopic (exact) mass is 725 g/mol. The van der Waals surface area contributed by atoms with Gasteiger partial charge in [-0.2, -0.15) is 0 Å². The maximum absolute atomic E-state index is 11.9. The van der Waals surface area contributed by atoms with Gasteiger partial charge in [-0.05, 0) is 51.2 Å². The van der Waals surface area contributed by atoms with Crippen molar-refractivity contribution in [3.05, 3.63) is 18.0 Å². The quantitative estimate of drug-likeness (QED) is 0.0517. The van der Waals surface area contributed by atoms with Crippen LogP contribution < -0.4 is 5.32 Å². The van der Waals surface area contributed by atoms with E-state index in [2.05, 4.69) is 27.1 Å². The molecular weight excluding hydrogens is 666 g/mol. The Labute approximate surface area is 302 Å². The molecule has 1 heterocycles. The predicted molar refractivity (Wildman–Crippen MR) is 190 cm³/mol. The average molecular weight is 726 g/mol. The fourth-order valence-corrected chi connectivity index (χ4v) is 5.18. The molecule has 1 N–H and O–H groups in total. The number of ketones is 1. The Morgan fingerprint density at radius 1 is 0.720 bits per heavy atom. The molecule has 2 rings (SSSR count). The molecule has 284 valence electrons. The van der Waals surface area contributed by atoms with Gasteiger partial charge in [-0.25, -0.2) is 9.97 Å². The summed E-state index contributed by atoms with van der Waals surface area (Å²) in [6.45, 7) is 10.4. The zero-order chi connectivity index (χ0) is 35.7. The van der Waals surface area contributed by atoms with Crippen LogP contribution in [0.1, 0.15) is 57.4 Å². The van der Waals surface area contributed by atoms with Crippen molar-refractivity contribution >= 4 is 23.5 Å². The van der Waals surface area contributed by atoms with Crippen LogP contribution in [0.4, 0.5) is 0 Å². The third-order valence-electron chi connectivity index (χ3n) is 7.70. The first kappa shape index (κ1) is 44.0. The molecule has 13 nitrogen and oxygen atoms in total. The molecule has 1 saturated carbocycles. The molecule has 1 amide bonds. The largest absolute Gasteiger partial charge is 0.379 e. The molecule has 0 aliphatic heterocycles. The van der Waals surface area contributed by atoms with E-state index in [9.17, 15) is 9.59 Å². The van der Waals surface area contributed by atoms with E-state index in [4.69, 9.17) is 37.9 Å². The van der Waals surface area contributed by atoms with Crippen molar-refractivity contribution in [1.29, 1.82) is 0 Å². The Morgan fingerprint density at radius 3 is 1.64 bits per heavy atom. The van der Waals surface area contributed by atoms with Crippen molar-refractivity contribution in [3.8, 4) is 11.8 Å². The molecule has 0 radical (unpaired) electrons. The Kier molecular flexibility index (Phi) is 27.7. The molecule has 1 fully saturated rings. The number of nitrogens with zero attached hydrogens (tertiary/aromatic N) is 2. The maximum atomic E-state index is 11.9. The van der Waals surface area contributed by atoms with Gasteiger partial charge < -0.3 is 43.2 Å². The van der Waals surface area contributed by atoms with Gasteiger partial charge in [0.1, 0.15) is 5.78 Å². The summed E-state index contributed by atoms with van der Waals surface area (Å²) in [7, 11) is 0. The maximum Gasteiger partial charge on any atom is 0.220 e. The molecule has 1 aliphatic carbocycles. The summed E-state index contributed by atoms with van der Waals surface area (Å²) in [5.74, 6) is 7.21. The molecule has 0 atom stereocenters. The number of Topliss-reactive ketones (excluding diaryl/α,β-unsaturated/α-hetero) is 1. The van der Waals surface area contributed by atoms with Crippen molar-refractivity contribution in [1.82, 2.24) is 15.3 Å². The summed E-state index contributed by atoms with van der Waals surface area (Å²) in [5.41, 5.74) is 0.774. The van der Waals surface area contributed by atoms with E-state index in [-0.39, 0.29) is 11.8 Å². The summed E-state index contributed by atoms with van der Waals surface area (Å²) >= 11 is 1.49. The van der Waals surface area contributed by atoms with E-state index in [0.717, 1.165) is 43.0 Å². The van der Waals surface area contributed by atoms with Crippen molar-refractivity contribution in [3.63, 3.8) is 0 Å². The lowest BCUT2D eigenvalue weighted by Crippen LogP contribution is -2.27. The van der Waals surface area contributed by atoms with E-state index in [1.54, 1.807) is 19.3 Å². The summed E-state index contributed by atoms with van der Waals surface area (Å²) in [6, 6.07) is 0. The highest BCUT2D eigenvalue weighted by atomic mass is 32.2. The minimum absolute atomic E-state index is 0.00846. The lowest BCUT2D eigenvalue weighted by Gasteiger charge is -2.26. The molecule has 0 unspecified atom stereocenters. The van der Waals surface area contributed by atoms with Crippen molar-refractivity contribution < 1.29 is 47.5 Å². The van der Waals surface area contributed by atoms with Gasteiger partial charge in [0.15, 0.2) is 5.16 Å². The molecule has 0 aromatic carbocycles. The second-order valence-corrected chi connectivity index (χ2v) is 12.4. The molecule has 1 aromatic rings. The number of thioether (sulfide) groups is 1. The van der Waals surface area contributed by atoms with Crippen LogP contribution >= 0.6 is 11.8 Å². The van der Waals surface area contributed by atoms with Gasteiger partial charge in [0.2, 0.25) is 5.91 Å². The zero-order valence-corrected chi connectivity index (χ0v) is 31.0. The average Bonchev–Trinajstić information content (AvgIpc) is 3.13. The van der Waals surface area contributed by atoms with E-state index in [1.165, 1.54) is 11.8 Å². The van der Waals surface area contributed by atoms with Gasteiger partial charge in [-0.1, -0.05) is 23.6 Å². The van der Waals surface area contributed by atoms with Crippen molar-refractivity contribution in [2.45, 2.75) is 57.0 Å². The standard InChI is InChI=1S/C36H59N3O10S/c1-31(40)34-10-8-32(9-11-34)30-49-27-26-48-25-24-47-23-22-46-21-20-45-19-18-44-17-16-43-15-14-42-13-12-37-35(41)7-5-3-4-6-33-28-38-36(50-2)39-29-33/h28-29,32,34H,3,5,7-27,30H2,1-2H3,(H,37,41). The topological polar surface area (TPSA) is 146 Å². The number of amides is 1. The van der Waals surface area contributed by atoms with Gasteiger partial charge in [-0.15, -0.1) is 0 Å². The molecule has 50 heavy (non-hydrogen) atoms.